The van der Waals surface area contributed by atoms with Gasteiger partial charge in [-0.25, -0.2) is 14.4 Å². The van der Waals surface area contributed by atoms with Gasteiger partial charge < -0.3 is 5.43 Å². The molecule has 0 saturated carbocycles. The molecule has 1 aliphatic rings. The first-order valence-electron chi connectivity index (χ1n) is 5.94. The average molecular weight is 302 g/mol. The molecule has 17 heavy (non-hydrogen) atoms. The van der Waals surface area contributed by atoms with Crippen LogP contribution in [0.15, 0.2) is 16.7 Å². The number of hydrogen-bond donors (Lipinski definition) is 1. The Hall–Kier alpha value is -0.680. The normalized spacial score (nSPS) is 25.9. The summed E-state index contributed by atoms with van der Waals surface area (Å²) in [6.07, 6.45) is 5.10. The Morgan fingerprint density at radius 1 is 1.41 bits per heavy atom. The van der Waals surface area contributed by atoms with Crippen LogP contribution >= 0.6 is 15.9 Å². The number of hydrogen-bond acceptors (Lipinski definition) is 3. The first-order chi connectivity index (χ1) is 8.08. The van der Waals surface area contributed by atoms with E-state index in [1.165, 1.54) is 12.5 Å². The van der Waals surface area contributed by atoms with Crippen LogP contribution in [0.1, 0.15) is 33.1 Å². The van der Waals surface area contributed by atoms with Crippen molar-refractivity contribution < 1.29 is 4.39 Å². The van der Waals surface area contributed by atoms with Gasteiger partial charge in [0, 0.05) is 22.8 Å². The third kappa shape index (κ3) is 2.96. The van der Waals surface area contributed by atoms with E-state index in [0.717, 1.165) is 12.8 Å². The second-order valence-electron chi connectivity index (χ2n) is 4.63. The highest BCUT2D eigenvalue weighted by molar-refractivity contribution is 9.10. The van der Waals surface area contributed by atoms with Crippen molar-refractivity contribution in [3.05, 3.63) is 22.6 Å². The molecule has 1 fully saturated rings. The molecule has 0 aliphatic carbocycles. The van der Waals surface area contributed by atoms with Crippen LogP contribution in [0.25, 0.3) is 0 Å². The highest BCUT2D eigenvalue weighted by Crippen LogP contribution is 2.24. The SMILES string of the molecule is CC1CCCC(C)N1Nc1ncc(Br)cc1F. The van der Waals surface area contributed by atoms with Crippen LogP contribution in [0.5, 0.6) is 0 Å². The van der Waals surface area contributed by atoms with Crippen molar-refractivity contribution in [1.82, 2.24) is 9.99 Å². The molecule has 3 nitrogen and oxygen atoms in total. The van der Waals surface area contributed by atoms with Crippen molar-refractivity contribution in [1.29, 1.82) is 0 Å². The van der Waals surface area contributed by atoms with Crippen molar-refractivity contribution in [3.63, 3.8) is 0 Å². The fourth-order valence-electron chi connectivity index (χ4n) is 2.26. The summed E-state index contributed by atoms with van der Waals surface area (Å²) in [5.74, 6) is -0.0295. The van der Waals surface area contributed by atoms with Crippen molar-refractivity contribution in [2.75, 3.05) is 5.43 Å². The summed E-state index contributed by atoms with van der Waals surface area (Å²) < 4.78 is 14.3. The quantitative estimate of drug-likeness (QED) is 0.905. The van der Waals surface area contributed by atoms with Crippen LogP contribution in [-0.4, -0.2) is 22.1 Å². The van der Waals surface area contributed by atoms with Crippen LogP contribution in [-0.2, 0) is 0 Å². The molecule has 2 heterocycles. The van der Waals surface area contributed by atoms with E-state index in [2.05, 4.69) is 45.2 Å². The molecule has 1 aromatic heterocycles. The van der Waals surface area contributed by atoms with E-state index in [-0.39, 0.29) is 5.82 Å². The summed E-state index contributed by atoms with van der Waals surface area (Å²) in [6.45, 7) is 4.30. The predicted octanol–water partition coefficient (Wildman–Crippen LogP) is 3.57. The summed E-state index contributed by atoms with van der Waals surface area (Å²) in [5, 5.41) is 2.10. The molecular weight excluding hydrogens is 285 g/mol. The molecular formula is C12H17BrFN3. The van der Waals surface area contributed by atoms with E-state index in [0.29, 0.717) is 22.4 Å². The van der Waals surface area contributed by atoms with E-state index in [1.807, 2.05) is 0 Å². The largest absolute Gasteiger partial charge is 0.300 e. The van der Waals surface area contributed by atoms with Gasteiger partial charge in [-0.3, -0.25) is 0 Å². The van der Waals surface area contributed by atoms with Gasteiger partial charge in [0.25, 0.3) is 0 Å². The first kappa shape index (κ1) is 12.8. The number of nitrogens with one attached hydrogen (secondary N) is 1. The fourth-order valence-corrected chi connectivity index (χ4v) is 2.56. The predicted molar refractivity (Wildman–Crippen MR) is 70.1 cm³/mol. The minimum absolute atomic E-state index is 0.300. The van der Waals surface area contributed by atoms with Crippen LogP contribution in [0.3, 0.4) is 0 Å². The average Bonchev–Trinajstić information content (AvgIpc) is 2.26. The second kappa shape index (κ2) is 5.31. The summed E-state index contributed by atoms with van der Waals surface area (Å²) in [4.78, 5) is 4.07. The van der Waals surface area contributed by atoms with Crippen LogP contribution in [0.4, 0.5) is 10.2 Å². The molecule has 1 saturated heterocycles. The second-order valence-corrected chi connectivity index (χ2v) is 5.55. The van der Waals surface area contributed by atoms with Gasteiger partial charge in [0.2, 0.25) is 0 Å². The van der Waals surface area contributed by atoms with Gasteiger partial charge in [-0.15, -0.1) is 0 Å². The monoisotopic (exact) mass is 301 g/mol. The summed E-state index contributed by atoms with van der Waals surface area (Å²) in [5.41, 5.74) is 3.10. The lowest BCUT2D eigenvalue weighted by Gasteiger charge is -2.39. The zero-order valence-electron chi connectivity index (χ0n) is 10.1. The minimum Gasteiger partial charge on any atom is -0.300 e. The van der Waals surface area contributed by atoms with E-state index in [1.54, 1.807) is 6.20 Å². The Morgan fingerprint density at radius 2 is 2.06 bits per heavy atom. The van der Waals surface area contributed by atoms with E-state index in [9.17, 15) is 4.39 Å². The number of nitrogens with zero attached hydrogens (tertiary/aromatic N) is 2. The van der Waals surface area contributed by atoms with Gasteiger partial charge in [0.1, 0.15) is 0 Å². The Morgan fingerprint density at radius 3 is 2.65 bits per heavy atom. The number of aromatic nitrogens is 1. The third-order valence-corrected chi connectivity index (χ3v) is 3.67. The molecule has 94 valence electrons. The number of anilines is 1. The van der Waals surface area contributed by atoms with Crippen molar-refractivity contribution in [3.8, 4) is 0 Å². The number of halogens is 2. The van der Waals surface area contributed by atoms with Gasteiger partial charge in [-0.1, -0.05) is 6.42 Å². The molecule has 5 heteroatoms. The first-order valence-corrected chi connectivity index (χ1v) is 6.73. The Balaban J connectivity index is 2.13. The number of hydrazine groups is 1. The molecule has 2 rings (SSSR count). The molecule has 0 spiro atoms. The topological polar surface area (TPSA) is 28.2 Å². The van der Waals surface area contributed by atoms with Gasteiger partial charge in [-0.05, 0) is 48.7 Å². The molecule has 0 bridgehead atoms. The summed E-state index contributed by atoms with van der Waals surface area (Å²) >= 11 is 3.20. The lowest BCUT2D eigenvalue weighted by atomic mass is 10.00. The highest BCUT2D eigenvalue weighted by atomic mass is 79.9. The smallest absolute Gasteiger partial charge is 0.176 e. The molecule has 1 aliphatic heterocycles. The van der Waals surface area contributed by atoms with Crippen molar-refractivity contribution >= 4 is 21.7 Å². The van der Waals surface area contributed by atoms with Crippen LogP contribution in [0.2, 0.25) is 0 Å². The minimum atomic E-state index is -0.329. The zero-order valence-corrected chi connectivity index (χ0v) is 11.7. The lowest BCUT2D eigenvalue weighted by Crippen LogP contribution is -2.47. The maximum absolute atomic E-state index is 13.7. The Kier molecular flexibility index (Phi) is 3.99. The Labute approximate surface area is 110 Å². The fraction of sp³-hybridized carbons (Fsp3) is 0.583. The number of piperidine rings is 1. The van der Waals surface area contributed by atoms with Gasteiger partial charge in [0.15, 0.2) is 11.6 Å². The molecule has 1 N–H and O–H groups in total. The lowest BCUT2D eigenvalue weighted by molar-refractivity contribution is 0.134. The summed E-state index contributed by atoms with van der Waals surface area (Å²) in [7, 11) is 0. The van der Waals surface area contributed by atoms with Gasteiger partial charge in [-0.2, -0.15) is 0 Å². The van der Waals surface area contributed by atoms with Gasteiger partial charge in [0.05, 0.1) is 0 Å². The van der Waals surface area contributed by atoms with Crippen molar-refractivity contribution in [2.24, 2.45) is 0 Å². The van der Waals surface area contributed by atoms with Crippen LogP contribution in [0, 0.1) is 5.82 Å². The third-order valence-electron chi connectivity index (χ3n) is 3.24. The maximum atomic E-state index is 13.7. The van der Waals surface area contributed by atoms with E-state index >= 15 is 0 Å². The van der Waals surface area contributed by atoms with E-state index in [4.69, 9.17) is 0 Å². The molecule has 0 amide bonds. The zero-order chi connectivity index (χ0) is 12.4. The number of rotatable bonds is 2. The van der Waals surface area contributed by atoms with E-state index < -0.39 is 0 Å². The molecule has 2 unspecified atom stereocenters. The molecule has 2 atom stereocenters. The van der Waals surface area contributed by atoms with Crippen LogP contribution < -0.4 is 5.43 Å². The molecule has 0 aromatic carbocycles. The number of pyridine rings is 1. The highest BCUT2D eigenvalue weighted by Gasteiger charge is 2.25. The van der Waals surface area contributed by atoms with Gasteiger partial charge >= 0.3 is 0 Å². The van der Waals surface area contributed by atoms with Crippen molar-refractivity contribution in [2.45, 2.75) is 45.2 Å². The molecule has 0 radical (unpaired) electrons. The molecule has 1 aromatic rings. The standard InChI is InChI=1S/C12H17BrFN3/c1-8-4-3-5-9(2)17(8)16-12-11(14)6-10(13)7-15-12/h6-9H,3-5H2,1-2H3,(H,15,16). The Bertz CT molecular complexity index is 389. The summed E-state index contributed by atoms with van der Waals surface area (Å²) in [6, 6.07) is 2.24. The maximum Gasteiger partial charge on any atom is 0.176 e.